The van der Waals surface area contributed by atoms with Crippen LogP contribution in [-0.4, -0.2) is 4.98 Å². The number of aromatic nitrogens is 1. The van der Waals surface area contributed by atoms with Gasteiger partial charge in [-0.05, 0) is 101 Å². The normalized spacial score (nSPS) is 45.1. The molecule has 0 saturated heterocycles. The fourth-order valence-electron chi connectivity index (χ4n) is 8.36. The van der Waals surface area contributed by atoms with E-state index in [2.05, 4.69) is 63.9 Å². The lowest BCUT2D eigenvalue weighted by Gasteiger charge is -2.68. The first-order chi connectivity index (χ1) is 14.2. The van der Waals surface area contributed by atoms with Crippen LogP contribution in [0.4, 0.5) is 0 Å². The predicted octanol–water partition coefficient (Wildman–Crippen LogP) is 7.35. The van der Waals surface area contributed by atoms with E-state index in [0.29, 0.717) is 11.8 Å². The minimum absolute atomic E-state index is 0.149. The van der Waals surface area contributed by atoms with Crippen LogP contribution in [0.3, 0.4) is 0 Å². The number of allylic oxidation sites excluding steroid dienone is 4. The molecule has 158 valence electrons. The number of nitriles is 1. The van der Waals surface area contributed by atoms with Crippen LogP contribution >= 0.6 is 0 Å². The average molecular weight is 401 g/mol. The van der Waals surface area contributed by atoms with Crippen molar-refractivity contribution in [3.8, 4) is 6.07 Å². The molecule has 1 aromatic heterocycles. The average Bonchev–Trinajstić information content (AvgIpc) is 3.01. The third-order valence-corrected chi connectivity index (χ3v) is 10.8. The van der Waals surface area contributed by atoms with Gasteiger partial charge in [0.1, 0.15) is 0 Å². The van der Waals surface area contributed by atoms with Crippen molar-refractivity contribution >= 4 is 5.57 Å². The molecule has 0 radical (unpaired) electrons. The Bertz CT molecular complexity index is 982. The molecule has 5 rings (SSSR count). The largest absolute Gasteiger partial charge is 0.264 e. The van der Waals surface area contributed by atoms with Crippen LogP contribution in [0.25, 0.3) is 5.57 Å². The molecule has 0 amide bonds. The molecule has 1 aromatic rings. The molecule has 2 saturated carbocycles. The summed E-state index contributed by atoms with van der Waals surface area (Å²) in [7, 11) is 0. The molecule has 4 aliphatic carbocycles. The van der Waals surface area contributed by atoms with Gasteiger partial charge in [0, 0.05) is 18.0 Å². The number of pyridine rings is 1. The Morgan fingerprint density at radius 3 is 2.53 bits per heavy atom. The molecular weight excluding hydrogens is 364 g/mol. The summed E-state index contributed by atoms with van der Waals surface area (Å²) in [4.78, 5) is 4.42. The Morgan fingerprint density at radius 1 is 1.03 bits per heavy atom. The summed E-state index contributed by atoms with van der Waals surface area (Å²) >= 11 is 0. The second kappa shape index (κ2) is 6.32. The van der Waals surface area contributed by atoms with Gasteiger partial charge in [-0.1, -0.05) is 46.8 Å². The van der Waals surface area contributed by atoms with Crippen LogP contribution in [0.2, 0.25) is 0 Å². The van der Waals surface area contributed by atoms with Crippen LogP contribution in [0.15, 0.2) is 41.7 Å². The Balaban J connectivity index is 1.63. The molecule has 2 heteroatoms. The minimum Gasteiger partial charge on any atom is -0.264 e. The summed E-state index contributed by atoms with van der Waals surface area (Å²) in [5.41, 5.74) is 6.22. The van der Waals surface area contributed by atoms with Gasteiger partial charge >= 0.3 is 0 Å². The van der Waals surface area contributed by atoms with Crippen LogP contribution in [-0.2, 0) is 0 Å². The second-order valence-corrected chi connectivity index (χ2v) is 11.7. The molecular formula is C28H36N2. The van der Waals surface area contributed by atoms with Gasteiger partial charge < -0.3 is 0 Å². The molecule has 6 atom stereocenters. The number of nitrogens with zero attached hydrogens (tertiary/aromatic N) is 2. The highest BCUT2D eigenvalue weighted by molar-refractivity contribution is 5.73. The maximum absolute atomic E-state index is 10.2. The molecule has 1 heterocycles. The zero-order valence-electron chi connectivity index (χ0n) is 19.4. The van der Waals surface area contributed by atoms with Gasteiger partial charge in [0.2, 0.25) is 0 Å². The lowest BCUT2D eigenvalue weighted by atomic mass is 9.36. The Hall–Kier alpha value is -1.88. The van der Waals surface area contributed by atoms with Gasteiger partial charge in [0.05, 0.1) is 6.07 Å². The molecule has 0 unspecified atom stereocenters. The van der Waals surface area contributed by atoms with Crippen molar-refractivity contribution in [3.63, 3.8) is 0 Å². The van der Waals surface area contributed by atoms with E-state index >= 15 is 0 Å². The fourth-order valence-corrected chi connectivity index (χ4v) is 8.36. The van der Waals surface area contributed by atoms with E-state index in [4.69, 9.17) is 0 Å². The van der Waals surface area contributed by atoms with Gasteiger partial charge in [0.15, 0.2) is 0 Å². The Labute approximate surface area is 182 Å². The summed E-state index contributed by atoms with van der Waals surface area (Å²) in [6.07, 6.45) is 14.7. The number of hydrogen-bond acceptors (Lipinski definition) is 2. The van der Waals surface area contributed by atoms with Crippen LogP contribution < -0.4 is 0 Å². The first-order valence-corrected chi connectivity index (χ1v) is 11.9. The fraction of sp³-hybridized carbons (Fsp3) is 0.643. The standard InChI is InChI=1S/C28H36N2/c1-19-8-10-25(2)23(15-19)21(17-29)16-24-27(4)11-9-22(20-7-6-14-30-18-20)26(27,3)12-13-28(24,25)5/h6-7,9,14,18-19,24H,8,10-13,15-16H2,1-5H3/t19-,24-,25-,26+,27-,28-/m0/s1. The van der Waals surface area contributed by atoms with Crippen molar-refractivity contribution in [1.82, 2.24) is 4.98 Å². The van der Waals surface area contributed by atoms with Crippen molar-refractivity contribution in [1.29, 1.82) is 5.26 Å². The zero-order chi connectivity index (χ0) is 21.4. The maximum atomic E-state index is 10.2. The third-order valence-electron chi connectivity index (χ3n) is 10.8. The molecule has 2 nitrogen and oxygen atoms in total. The summed E-state index contributed by atoms with van der Waals surface area (Å²) in [5, 5.41) is 10.2. The van der Waals surface area contributed by atoms with Crippen LogP contribution in [0.1, 0.15) is 85.1 Å². The summed E-state index contributed by atoms with van der Waals surface area (Å²) in [5.74, 6) is 1.26. The maximum Gasteiger partial charge on any atom is 0.0946 e. The van der Waals surface area contributed by atoms with Gasteiger partial charge in [-0.3, -0.25) is 4.98 Å². The first-order valence-electron chi connectivity index (χ1n) is 11.9. The third kappa shape index (κ3) is 2.27. The lowest BCUT2D eigenvalue weighted by Crippen LogP contribution is -2.60. The quantitative estimate of drug-likeness (QED) is 0.494. The monoisotopic (exact) mass is 400 g/mol. The highest BCUT2D eigenvalue weighted by atomic mass is 14.7. The molecule has 0 aromatic carbocycles. The van der Waals surface area contributed by atoms with E-state index in [1.165, 1.54) is 42.4 Å². The SMILES string of the molecule is C[C@H]1CC[C@@]2(C)C(=C(C#N)C[C@@H]3[C@]2(C)CC[C@]2(C)C(c4cccnc4)=CC[C@@]32C)C1. The number of fused-ring (bicyclic) bond motifs is 5. The molecule has 0 aliphatic heterocycles. The lowest BCUT2D eigenvalue weighted by molar-refractivity contribution is -0.138. The zero-order valence-corrected chi connectivity index (χ0v) is 19.4. The topological polar surface area (TPSA) is 36.7 Å². The molecule has 2 fully saturated rings. The van der Waals surface area contributed by atoms with E-state index in [-0.39, 0.29) is 21.7 Å². The summed E-state index contributed by atoms with van der Waals surface area (Å²) < 4.78 is 0. The molecule has 0 bridgehead atoms. The van der Waals surface area contributed by atoms with E-state index < -0.39 is 0 Å². The van der Waals surface area contributed by atoms with Crippen LogP contribution in [0, 0.1) is 44.8 Å². The van der Waals surface area contributed by atoms with E-state index in [0.717, 1.165) is 24.8 Å². The number of hydrogen-bond donors (Lipinski definition) is 0. The highest BCUT2D eigenvalue weighted by Gasteiger charge is 2.67. The molecule has 30 heavy (non-hydrogen) atoms. The van der Waals surface area contributed by atoms with E-state index in [9.17, 15) is 5.26 Å². The summed E-state index contributed by atoms with van der Waals surface area (Å²) in [6.45, 7) is 12.5. The Kier molecular flexibility index (Phi) is 4.22. The first kappa shape index (κ1) is 20.0. The van der Waals surface area contributed by atoms with Crippen molar-refractivity contribution in [2.45, 2.75) is 79.6 Å². The van der Waals surface area contributed by atoms with Gasteiger partial charge in [-0.15, -0.1) is 0 Å². The molecule has 4 aliphatic rings. The van der Waals surface area contributed by atoms with Gasteiger partial charge in [0.25, 0.3) is 0 Å². The predicted molar refractivity (Wildman–Crippen MR) is 122 cm³/mol. The van der Waals surface area contributed by atoms with Crippen molar-refractivity contribution in [2.75, 3.05) is 0 Å². The van der Waals surface area contributed by atoms with Crippen molar-refractivity contribution < 1.29 is 0 Å². The van der Waals surface area contributed by atoms with E-state index in [1.54, 1.807) is 0 Å². The molecule has 0 N–H and O–H groups in total. The van der Waals surface area contributed by atoms with Gasteiger partial charge in [-0.25, -0.2) is 0 Å². The van der Waals surface area contributed by atoms with Crippen molar-refractivity contribution in [2.24, 2.45) is 33.5 Å². The van der Waals surface area contributed by atoms with Crippen LogP contribution in [0.5, 0.6) is 0 Å². The number of rotatable bonds is 1. The minimum atomic E-state index is 0.149. The summed E-state index contributed by atoms with van der Waals surface area (Å²) in [6, 6.07) is 7.00. The van der Waals surface area contributed by atoms with Gasteiger partial charge in [-0.2, -0.15) is 5.26 Å². The van der Waals surface area contributed by atoms with E-state index in [1.807, 2.05) is 12.4 Å². The Morgan fingerprint density at radius 2 is 1.83 bits per heavy atom. The highest BCUT2D eigenvalue weighted by Crippen LogP contribution is 2.76. The second-order valence-electron chi connectivity index (χ2n) is 11.7. The smallest absolute Gasteiger partial charge is 0.0946 e. The molecule has 0 spiro atoms. The van der Waals surface area contributed by atoms with Crippen molar-refractivity contribution in [3.05, 3.63) is 47.3 Å².